The fourth-order valence-electron chi connectivity index (χ4n) is 3.43. The highest BCUT2D eigenvalue weighted by Gasteiger charge is 2.47. The number of carbonyl (C=O) groups is 1. The zero-order chi connectivity index (χ0) is 21.0. The van der Waals surface area contributed by atoms with E-state index in [-0.39, 0.29) is 34.0 Å². The number of allylic oxidation sites excluding steroid dienone is 3. The van der Waals surface area contributed by atoms with Crippen molar-refractivity contribution in [2.75, 3.05) is 11.1 Å². The molecule has 1 unspecified atom stereocenters. The molecule has 0 spiro atoms. The number of nitrogens with zero attached hydrogens (tertiary/aromatic N) is 1. The number of hydrogen-bond donors (Lipinski definition) is 1. The molecule has 0 aliphatic heterocycles. The van der Waals surface area contributed by atoms with Crippen LogP contribution < -0.4 is 5.32 Å². The van der Waals surface area contributed by atoms with Crippen LogP contribution in [-0.2, 0) is 16.0 Å². The van der Waals surface area contributed by atoms with Gasteiger partial charge in [0, 0.05) is 17.6 Å². The lowest BCUT2D eigenvalue weighted by Crippen LogP contribution is -2.15. The highest BCUT2D eigenvalue weighted by molar-refractivity contribution is 8.04. The van der Waals surface area contributed by atoms with E-state index in [9.17, 15) is 9.18 Å². The minimum Gasteiger partial charge on any atom is -0.412 e. The number of halogens is 1. The van der Waals surface area contributed by atoms with Gasteiger partial charge < -0.3 is 27.2 Å². The van der Waals surface area contributed by atoms with Crippen molar-refractivity contribution in [3.05, 3.63) is 77.0 Å². The average molecular weight is 515 g/mol. The number of carbonyl (C=O) groups excluding carboxylic acids is 1. The molecule has 2 aliphatic carbocycles. The van der Waals surface area contributed by atoms with E-state index in [1.807, 2.05) is 36.4 Å². The minimum atomic E-state index is -0.888. The van der Waals surface area contributed by atoms with Crippen molar-refractivity contribution in [1.29, 1.82) is 0 Å². The summed E-state index contributed by atoms with van der Waals surface area (Å²) in [6, 6.07) is 12.0. The second kappa shape index (κ2) is 14.2. The number of pyridine rings is 1. The van der Waals surface area contributed by atoms with E-state index in [0.29, 0.717) is 18.5 Å². The molecule has 0 bridgehead atoms. The van der Waals surface area contributed by atoms with E-state index in [1.54, 1.807) is 35.8 Å². The number of aromatic nitrogens is 1. The van der Waals surface area contributed by atoms with Crippen LogP contribution in [0.15, 0.2) is 70.6 Å². The number of thioether (sulfide) groups is 2. The van der Waals surface area contributed by atoms with Gasteiger partial charge >= 0.3 is 0 Å². The van der Waals surface area contributed by atoms with Crippen molar-refractivity contribution in [1.82, 2.24) is 4.98 Å². The first-order valence-electron chi connectivity index (χ1n) is 10.3. The molecule has 0 saturated heterocycles. The highest BCUT2D eigenvalue weighted by Crippen LogP contribution is 2.59. The minimum absolute atomic E-state index is 0. The Morgan fingerprint density at radius 2 is 1.85 bits per heavy atom. The molecule has 34 heavy (non-hydrogen) atoms. The van der Waals surface area contributed by atoms with Gasteiger partial charge in [-0.15, -0.1) is 23.5 Å². The van der Waals surface area contributed by atoms with Gasteiger partial charge in [0.25, 0.3) is 0 Å². The van der Waals surface area contributed by atoms with Crippen LogP contribution in [0, 0.1) is 0 Å². The SMILES string of the molecule is CCSc1ccc(CC(=O)Nc2ccc(C3(SC4=CC(F)CC=C4)CC3)nc2)cc1.O.O.O.O.[HH]. The standard InChI is InChI=1S/C24H25FN2OS2.4H2O.H2/c1-2-29-20-9-6-17(7-10-20)14-23(28)27-19-8-11-22(26-16-19)24(12-13-24)30-21-5-3-4-18(25)15-21;;;;;/h3,5-11,15-16,18H,2,4,12-14H2,1H3,(H,27,28);4*1H2;1H. The lowest BCUT2D eigenvalue weighted by Gasteiger charge is -2.17. The number of benzene rings is 1. The van der Waals surface area contributed by atoms with E-state index in [0.717, 1.165) is 34.8 Å². The van der Waals surface area contributed by atoms with E-state index in [4.69, 9.17) is 0 Å². The number of hydrogen-bond acceptors (Lipinski definition) is 4. The topological polar surface area (TPSA) is 168 Å². The molecular formula is C24H35FN2O5S2. The summed E-state index contributed by atoms with van der Waals surface area (Å²) >= 11 is 3.49. The van der Waals surface area contributed by atoms with Crippen LogP contribution in [0.1, 0.15) is 38.9 Å². The molecule has 1 fully saturated rings. The summed E-state index contributed by atoms with van der Waals surface area (Å²) in [6.07, 6.45) is 9.30. The molecule has 2 aliphatic rings. The van der Waals surface area contributed by atoms with E-state index >= 15 is 0 Å². The van der Waals surface area contributed by atoms with E-state index < -0.39 is 6.17 Å². The Labute approximate surface area is 209 Å². The van der Waals surface area contributed by atoms with Crippen molar-refractivity contribution in [3.8, 4) is 0 Å². The van der Waals surface area contributed by atoms with Gasteiger partial charge in [-0.25, -0.2) is 4.39 Å². The zero-order valence-corrected chi connectivity index (χ0v) is 20.6. The second-order valence-electron chi connectivity index (χ2n) is 7.55. The molecular weight excluding hydrogens is 479 g/mol. The van der Waals surface area contributed by atoms with Crippen molar-refractivity contribution >= 4 is 35.1 Å². The third-order valence-electron chi connectivity index (χ3n) is 5.12. The maximum Gasteiger partial charge on any atom is 0.228 e. The van der Waals surface area contributed by atoms with Crippen molar-refractivity contribution in [2.24, 2.45) is 0 Å². The Balaban J connectivity index is 0. The monoisotopic (exact) mass is 514 g/mol. The van der Waals surface area contributed by atoms with Gasteiger partial charge in [0.1, 0.15) is 6.17 Å². The highest BCUT2D eigenvalue weighted by atomic mass is 32.2. The van der Waals surface area contributed by atoms with Crippen LogP contribution in [0.25, 0.3) is 0 Å². The molecule has 1 aromatic carbocycles. The third-order valence-corrected chi connectivity index (χ3v) is 7.53. The van der Waals surface area contributed by atoms with Gasteiger partial charge in [-0.05, 0) is 54.5 Å². The summed E-state index contributed by atoms with van der Waals surface area (Å²) in [5, 5.41) is 2.93. The van der Waals surface area contributed by atoms with Gasteiger partial charge in [0.15, 0.2) is 0 Å². The Kier molecular flexibility index (Phi) is 13.3. The van der Waals surface area contributed by atoms with Crippen molar-refractivity contribution < 1.29 is 32.5 Å². The zero-order valence-electron chi connectivity index (χ0n) is 18.9. The van der Waals surface area contributed by atoms with Crippen LogP contribution in [0.2, 0.25) is 0 Å². The number of anilines is 1. The van der Waals surface area contributed by atoms with Crippen LogP contribution in [0.3, 0.4) is 0 Å². The Hall–Kier alpha value is -2.21. The van der Waals surface area contributed by atoms with Crippen LogP contribution in [0.5, 0.6) is 0 Å². The summed E-state index contributed by atoms with van der Waals surface area (Å²) in [5.41, 5.74) is 2.68. The van der Waals surface area contributed by atoms with Crippen LogP contribution in [-0.4, -0.2) is 44.7 Å². The third kappa shape index (κ3) is 8.23. The maximum absolute atomic E-state index is 13.6. The molecule has 2 aromatic rings. The molecule has 10 heteroatoms. The lowest BCUT2D eigenvalue weighted by atomic mass is 10.1. The van der Waals surface area contributed by atoms with Crippen molar-refractivity contribution in [2.45, 2.75) is 48.4 Å². The Morgan fingerprint density at radius 3 is 2.41 bits per heavy atom. The van der Waals surface area contributed by atoms with Crippen molar-refractivity contribution in [3.63, 3.8) is 0 Å². The molecule has 190 valence electrons. The summed E-state index contributed by atoms with van der Waals surface area (Å²) in [4.78, 5) is 19.2. The number of rotatable bonds is 8. The quantitative estimate of drug-likeness (QED) is 0.534. The normalized spacial score (nSPS) is 17.0. The number of alkyl halides is 1. The largest absolute Gasteiger partial charge is 0.412 e. The molecule has 9 N–H and O–H groups in total. The molecule has 1 atom stereocenters. The summed E-state index contributed by atoms with van der Waals surface area (Å²) < 4.78 is 13.6. The molecule has 7 nitrogen and oxygen atoms in total. The molecule has 0 radical (unpaired) electrons. The average Bonchev–Trinajstić information content (AvgIpc) is 3.51. The first-order valence-corrected chi connectivity index (χ1v) is 12.1. The lowest BCUT2D eigenvalue weighted by molar-refractivity contribution is -0.115. The predicted molar refractivity (Wildman–Crippen MR) is 141 cm³/mol. The van der Waals surface area contributed by atoms with Gasteiger partial charge in [0.05, 0.1) is 28.7 Å². The van der Waals surface area contributed by atoms with E-state index in [1.165, 1.54) is 4.90 Å². The number of nitrogens with one attached hydrogen (secondary N) is 1. The molecule has 1 amide bonds. The molecule has 1 aromatic heterocycles. The second-order valence-corrected chi connectivity index (χ2v) is 10.3. The molecule has 1 heterocycles. The first kappa shape index (κ1) is 31.8. The van der Waals surface area contributed by atoms with Crippen LogP contribution in [0.4, 0.5) is 10.1 Å². The fraction of sp³-hybridized carbons (Fsp3) is 0.333. The summed E-state index contributed by atoms with van der Waals surface area (Å²) in [6.45, 7) is 2.12. The Morgan fingerprint density at radius 1 is 1.15 bits per heavy atom. The summed E-state index contributed by atoms with van der Waals surface area (Å²) in [7, 11) is 0. The van der Waals surface area contributed by atoms with Crippen LogP contribution >= 0.6 is 23.5 Å². The molecule has 1 saturated carbocycles. The summed E-state index contributed by atoms with van der Waals surface area (Å²) in [5.74, 6) is 0.982. The number of amides is 1. The fourth-order valence-corrected chi connectivity index (χ4v) is 5.46. The molecule has 4 rings (SSSR count). The Bertz CT molecular complexity index is 971. The first-order chi connectivity index (χ1) is 14.6. The van der Waals surface area contributed by atoms with Gasteiger partial charge in [0.2, 0.25) is 5.91 Å². The van der Waals surface area contributed by atoms with Gasteiger partial charge in [-0.1, -0.05) is 31.2 Å². The maximum atomic E-state index is 13.6. The van der Waals surface area contributed by atoms with Gasteiger partial charge in [-0.3, -0.25) is 9.78 Å². The smallest absolute Gasteiger partial charge is 0.228 e. The van der Waals surface area contributed by atoms with Gasteiger partial charge in [-0.2, -0.15) is 0 Å². The predicted octanol–water partition coefficient (Wildman–Crippen LogP) is 3.23. The van der Waals surface area contributed by atoms with E-state index in [2.05, 4.69) is 29.4 Å².